The number of nitrogens with one attached hydrogen (secondary N) is 1. The van der Waals surface area contributed by atoms with Gasteiger partial charge < -0.3 is 10.2 Å². The molecule has 1 N–H and O–H groups in total. The van der Waals surface area contributed by atoms with Crippen LogP contribution >= 0.6 is 0 Å². The van der Waals surface area contributed by atoms with Crippen molar-refractivity contribution in [2.24, 2.45) is 0 Å². The van der Waals surface area contributed by atoms with Crippen molar-refractivity contribution in [3.63, 3.8) is 0 Å². The average Bonchev–Trinajstić information content (AvgIpc) is 2.03. The summed E-state index contributed by atoms with van der Waals surface area (Å²) < 4.78 is 0. The van der Waals surface area contributed by atoms with Crippen LogP contribution in [0.25, 0.3) is 0 Å². The molecule has 0 heterocycles. The maximum atomic E-state index is 3.73. The van der Waals surface area contributed by atoms with Gasteiger partial charge >= 0.3 is 0 Å². The quantitative estimate of drug-likeness (QED) is 0.475. The summed E-state index contributed by atoms with van der Waals surface area (Å²) >= 11 is 0. The van der Waals surface area contributed by atoms with Crippen LogP contribution in [0, 0.1) is 0 Å². The molecule has 0 bridgehead atoms. The van der Waals surface area contributed by atoms with Gasteiger partial charge in [-0.3, -0.25) is 0 Å². The number of hydrogen-bond acceptors (Lipinski definition) is 2. The predicted molar refractivity (Wildman–Crippen MR) is 64.7 cm³/mol. The van der Waals surface area contributed by atoms with Crippen molar-refractivity contribution in [1.29, 1.82) is 0 Å². The molecule has 0 aromatic heterocycles. The first-order chi connectivity index (χ1) is 6.52. The fraction of sp³-hybridized carbons (Fsp3) is 0.833. The first kappa shape index (κ1) is 13.7. The molecule has 14 heavy (non-hydrogen) atoms. The van der Waals surface area contributed by atoms with E-state index in [0.29, 0.717) is 0 Å². The zero-order chi connectivity index (χ0) is 11.0. The molecule has 0 aliphatic heterocycles. The van der Waals surface area contributed by atoms with E-state index in [9.17, 15) is 0 Å². The van der Waals surface area contributed by atoms with Crippen LogP contribution in [-0.2, 0) is 0 Å². The van der Waals surface area contributed by atoms with Crippen LogP contribution in [0.2, 0.25) is 0 Å². The summed E-state index contributed by atoms with van der Waals surface area (Å²) in [6.45, 7) is 13.7. The highest BCUT2D eigenvalue weighted by atomic mass is 15.1. The molecule has 2 nitrogen and oxygen atoms in total. The summed E-state index contributed by atoms with van der Waals surface area (Å²) in [5, 5.41) is 3.48. The number of rotatable bonds is 8. The van der Waals surface area contributed by atoms with Gasteiger partial charge in [0.1, 0.15) is 0 Å². The van der Waals surface area contributed by atoms with Gasteiger partial charge in [0.15, 0.2) is 0 Å². The third-order valence-electron chi connectivity index (χ3n) is 2.27. The highest BCUT2D eigenvalue weighted by Gasteiger charge is 2.17. The highest BCUT2D eigenvalue weighted by molar-refractivity contribution is 4.80. The van der Waals surface area contributed by atoms with E-state index in [2.05, 4.69) is 44.6 Å². The molecule has 0 saturated heterocycles. The van der Waals surface area contributed by atoms with Gasteiger partial charge in [-0.05, 0) is 46.8 Å². The molecule has 0 aliphatic rings. The van der Waals surface area contributed by atoms with E-state index in [4.69, 9.17) is 0 Å². The molecule has 0 fully saturated rings. The zero-order valence-electron chi connectivity index (χ0n) is 10.3. The Morgan fingerprint density at radius 1 is 1.43 bits per heavy atom. The van der Waals surface area contributed by atoms with Gasteiger partial charge in [0.2, 0.25) is 0 Å². The van der Waals surface area contributed by atoms with Gasteiger partial charge in [-0.1, -0.05) is 13.0 Å². The summed E-state index contributed by atoms with van der Waals surface area (Å²) in [5.41, 5.74) is 0.220. The van der Waals surface area contributed by atoms with Crippen LogP contribution in [0.5, 0.6) is 0 Å². The van der Waals surface area contributed by atoms with E-state index in [-0.39, 0.29) is 5.54 Å². The maximum absolute atomic E-state index is 3.73. The van der Waals surface area contributed by atoms with Gasteiger partial charge in [-0.2, -0.15) is 0 Å². The Morgan fingerprint density at radius 3 is 2.57 bits per heavy atom. The van der Waals surface area contributed by atoms with Gasteiger partial charge in [0.25, 0.3) is 0 Å². The molecule has 0 radical (unpaired) electrons. The summed E-state index contributed by atoms with van der Waals surface area (Å²) in [5.74, 6) is 0. The molecular formula is C12H26N2. The standard InChI is InChI=1S/C12H26N2/c1-6-8-9-10-14(5)11-12(3,4)13-7-2/h6,13H,1,7-11H2,2-5H3. The summed E-state index contributed by atoms with van der Waals surface area (Å²) in [6, 6.07) is 0. The lowest BCUT2D eigenvalue weighted by Gasteiger charge is -2.31. The van der Waals surface area contributed by atoms with E-state index < -0.39 is 0 Å². The SMILES string of the molecule is C=CCCCN(C)CC(C)(C)NCC. The second kappa shape index (κ2) is 7.02. The molecule has 0 aromatic rings. The van der Waals surface area contributed by atoms with Crippen molar-refractivity contribution >= 4 is 0 Å². The third-order valence-corrected chi connectivity index (χ3v) is 2.27. The van der Waals surface area contributed by atoms with Crippen LogP contribution in [0.15, 0.2) is 12.7 Å². The third kappa shape index (κ3) is 7.10. The van der Waals surface area contributed by atoms with Crippen molar-refractivity contribution in [1.82, 2.24) is 10.2 Å². The lowest BCUT2D eigenvalue weighted by atomic mass is 10.1. The van der Waals surface area contributed by atoms with Gasteiger partial charge in [-0.15, -0.1) is 6.58 Å². The largest absolute Gasteiger partial charge is 0.311 e. The predicted octanol–water partition coefficient (Wildman–Crippen LogP) is 2.27. The van der Waals surface area contributed by atoms with Crippen LogP contribution < -0.4 is 5.32 Å². The molecule has 0 aromatic carbocycles. The van der Waals surface area contributed by atoms with E-state index in [1.807, 2.05) is 6.08 Å². The average molecular weight is 198 g/mol. The van der Waals surface area contributed by atoms with E-state index in [0.717, 1.165) is 26.1 Å². The summed E-state index contributed by atoms with van der Waals surface area (Å²) in [7, 11) is 2.18. The summed E-state index contributed by atoms with van der Waals surface area (Å²) in [6.07, 6.45) is 4.32. The molecule has 0 aliphatic carbocycles. The Balaban J connectivity index is 3.68. The number of hydrogen-bond donors (Lipinski definition) is 1. The fourth-order valence-electron chi connectivity index (χ4n) is 1.79. The Bertz CT molecular complexity index is 152. The molecule has 84 valence electrons. The highest BCUT2D eigenvalue weighted by Crippen LogP contribution is 2.05. The van der Waals surface area contributed by atoms with Crippen molar-refractivity contribution in [2.45, 2.75) is 39.2 Å². The van der Waals surface area contributed by atoms with Crippen LogP contribution in [0.3, 0.4) is 0 Å². The number of allylic oxidation sites excluding steroid dienone is 1. The number of likely N-dealkylation sites (N-methyl/N-ethyl adjacent to an activating group) is 2. The Hall–Kier alpha value is -0.340. The lowest BCUT2D eigenvalue weighted by Crippen LogP contribution is -2.48. The number of unbranched alkanes of at least 4 members (excludes halogenated alkanes) is 1. The van der Waals surface area contributed by atoms with E-state index >= 15 is 0 Å². The van der Waals surface area contributed by atoms with Crippen LogP contribution in [0.1, 0.15) is 33.6 Å². The molecule has 0 spiro atoms. The molecule has 0 rings (SSSR count). The van der Waals surface area contributed by atoms with Gasteiger partial charge in [-0.25, -0.2) is 0 Å². The molecule has 0 saturated carbocycles. The number of nitrogens with zero attached hydrogens (tertiary/aromatic N) is 1. The van der Waals surface area contributed by atoms with Crippen LogP contribution in [-0.4, -0.2) is 37.1 Å². The minimum Gasteiger partial charge on any atom is -0.311 e. The van der Waals surface area contributed by atoms with Crippen molar-refractivity contribution in [3.05, 3.63) is 12.7 Å². The summed E-state index contributed by atoms with van der Waals surface area (Å²) in [4.78, 5) is 2.38. The first-order valence-electron chi connectivity index (χ1n) is 5.56. The minimum absolute atomic E-state index is 0.220. The minimum atomic E-state index is 0.220. The van der Waals surface area contributed by atoms with Crippen molar-refractivity contribution < 1.29 is 0 Å². The van der Waals surface area contributed by atoms with Gasteiger partial charge in [0, 0.05) is 12.1 Å². The van der Waals surface area contributed by atoms with E-state index in [1.54, 1.807) is 0 Å². The molecular weight excluding hydrogens is 172 g/mol. The molecule has 0 unspecified atom stereocenters. The zero-order valence-corrected chi connectivity index (χ0v) is 10.3. The first-order valence-corrected chi connectivity index (χ1v) is 5.56. The molecule has 2 heteroatoms. The normalized spacial score (nSPS) is 12.1. The van der Waals surface area contributed by atoms with Crippen molar-refractivity contribution in [2.75, 3.05) is 26.7 Å². The maximum Gasteiger partial charge on any atom is 0.0251 e. The topological polar surface area (TPSA) is 15.3 Å². The Kier molecular flexibility index (Phi) is 6.85. The fourth-order valence-corrected chi connectivity index (χ4v) is 1.79. The monoisotopic (exact) mass is 198 g/mol. The smallest absolute Gasteiger partial charge is 0.0251 e. The lowest BCUT2D eigenvalue weighted by molar-refractivity contribution is 0.236. The van der Waals surface area contributed by atoms with Crippen LogP contribution in [0.4, 0.5) is 0 Å². The molecule has 0 atom stereocenters. The Labute approximate surface area is 89.4 Å². The van der Waals surface area contributed by atoms with Gasteiger partial charge in [0.05, 0.1) is 0 Å². The van der Waals surface area contributed by atoms with E-state index in [1.165, 1.54) is 6.42 Å². The second-order valence-electron chi connectivity index (χ2n) is 4.58. The Morgan fingerprint density at radius 2 is 2.07 bits per heavy atom. The van der Waals surface area contributed by atoms with Crippen molar-refractivity contribution in [3.8, 4) is 0 Å². The molecule has 0 amide bonds. The second-order valence-corrected chi connectivity index (χ2v) is 4.58.